The minimum Gasteiger partial charge on any atom is -0.496 e. The van der Waals surface area contributed by atoms with Crippen LogP contribution in [0.15, 0.2) is 64.5 Å². The molecule has 1 saturated heterocycles. The third-order valence-electron chi connectivity index (χ3n) is 5.38. The molecule has 1 aliphatic heterocycles. The standard InChI is InChI=1S/C24H25N5O3S2.2C2H6/c1-4-21(30)28-9-11-29(12-10-28)23(31)17-14-19(16(2)13-18(17)32-3)33-22-15-26-24(34-22)27-20-7-5-6-8-25-20;2*1-2/h4-8,13-15H,1,9-12H2,2-3H3,(H,25,26,27);2*1-2H3. The van der Waals surface area contributed by atoms with E-state index in [1.807, 2.05) is 71.1 Å². The molecule has 1 aromatic carbocycles. The SMILES string of the molecule is C=CC(=O)N1CCN(C(=O)c2cc(Sc3cnc(Nc4ccccn4)s3)c(C)cc2OC)CC1.CC.CC. The minimum atomic E-state index is -0.111. The molecule has 1 aliphatic rings. The highest BCUT2D eigenvalue weighted by molar-refractivity contribution is 8.01. The molecule has 3 aromatic rings. The van der Waals surface area contributed by atoms with Gasteiger partial charge in [-0.25, -0.2) is 9.97 Å². The van der Waals surface area contributed by atoms with Gasteiger partial charge in [0.05, 0.1) is 23.1 Å². The summed E-state index contributed by atoms with van der Waals surface area (Å²) in [6, 6.07) is 9.43. The molecule has 0 unspecified atom stereocenters. The number of benzene rings is 1. The number of rotatable bonds is 7. The number of aromatic nitrogens is 2. The van der Waals surface area contributed by atoms with E-state index in [0.717, 1.165) is 25.6 Å². The number of nitrogens with zero attached hydrogens (tertiary/aromatic N) is 4. The van der Waals surface area contributed by atoms with Crippen LogP contribution in [0.3, 0.4) is 0 Å². The van der Waals surface area contributed by atoms with Crippen molar-refractivity contribution in [2.75, 3.05) is 38.6 Å². The van der Waals surface area contributed by atoms with Crippen molar-refractivity contribution in [2.45, 2.75) is 43.7 Å². The Morgan fingerprint density at radius 3 is 2.37 bits per heavy atom. The quantitative estimate of drug-likeness (QED) is 0.344. The molecule has 1 fully saturated rings. The van der Waals surface area contributed by atoms with Gasteiger partial charge in [0.15, 0.2) is 5.13 Å². The Balaban J connectivity index is 0.00000121. The Morgan fingerprint density at radius 2 is 1.76 bits per heavy atom. The number of hydrogen-bond acceptors (Lipinski definition) is 8. The lowest BCUT2D eigenvalue weighted by atomic mass is 10.1. The minimum absolute atomic E-state index is 0.105. The van der Waals surface area contributed by atoms with Crippen LogP contribution < -0.4 is 10.1 Å². The molecular weight excluding hydrogens is 518 g/mol. The number of anilines is 2. The highest BCUT2D eigenvalue weighted by atomic mass is 32.2. The fourth-order valence-corrected chi connectivity index (χ4v) is 5.50. The summed E-state index contributed by atoms with van der Waals surface area (Å²) < 4.78 is 6.52. The second-order valence-electron chi connectivity index (χ2n) is 7.57. The molecule has 0 aliphatic carbocycles. The van der Waals surface area contributed by atoms with E-state index in [4.69, 9.17) is 4.74 Å². The number of carbonyl (C=O) groups is 2. The van der Waals surface area contributed by atoms with Gasteiger partial charge in [0, 0.05) is 37.3 Å². The molecule has 0 spiro atoms. The number of ether oxygens (including phenoxy) is 1. The first-order valence-electron chi connectivity index (χ1n) is 12.7. The average Bonchev–Trinajstić information content (AvgIpc) is 3.42. The summed E-state index contributed by atoms with van der Waals surface area (Å²) in [7, 11) is 1.57. The molecule has 0 bridgehead atoms. The molecule has 10 heteroatoms. The molecule has 1 N–H and O–H groups in total. The smallest absolute Gasteiger partial charge is 0.257 e. The Hall–Kier alpha value is -3.37. The summed E-state index contributed by atoms with van der Waals surface area (Å²) in [5.41, 5.74) is 1.52. The predicted octanol–water partition coefficient (Wildman–Crippen LogP) is 6.27. The van der Waals surface area contributed by atoms with E-state index in [1.165, 1.54) is 17.4 Å². The Kier molecular flexibility index (Phi) is 12.8. The lowest BCUT2D eigenvalue weighted by molar-refractivity contribution is -0.127. The highest BCUT2D eigenvalue weighted by Crippen LogP contribution is 2.39. The summed E-state index contributed by atoms with van der Waals surface area (Å²) in [6.07, 6.45) is 4.84. The molecule has 3 heterocycles. The lowest BCUT2D eigenvalue weighted by Gasteiger charge is -2.34. The fraction of sp³-hybridized carbons (Fsp3) is 0.357. The third kappa shape index (κ3) is 8.06. The molecular formula is C28H37N5O3S2. The number of amides is 2. The topological polar surface area (TPSA) is 87.7 Å². The van der Waals surface area contributed by atoms with Crippen LogP contribution in [-0.2, 0) is 4.79 Å². The number of aryl methyl sites for hydroxylation is 1. The monoisotopic (exact) mass is 555 g/mol. The van der Waals surface area contributed by atoms with Gasteiger partial charge in [-0.2, -0.15) is 0 Å². The first kappa shape index (κ1) is 30.9. The first-order valence-corrected chi connectivity index (χ1v) is 14.3. The summed E-state index contributed by atoms with van der Waals surface area (Å²) in [6.45, 7) is 15.4. The molecule has 0 atom stereocenters. The van der Waals surface area contributed by atoms with E-state index >= 15 is 0 Å². The van der Waals surface area contributed by atoms with E-state index in [-0.39, 0.29) is 11.8 Å². The van der Waals surface area contributed by atoms with Crippen LogP contribution in [0.5, 0.6) is 5.75 Å². The Labute approximate surface area is 234 Å². The van der Waals surface area contributed by atoms with Gasteiger partial charge in [0.25, 0.3) is 5.91 Å². The number of carbonyl (C=O) groups excluding carboxylic acids is 2. The summed E-state index contributed by atoms with van der Waals surface area (Å²) in [5.74, 6) is 1.06. The van der Waals surface area contributed by atoms with Crippen molar-refractivity contribution in [1.29, 1.82) is 0 Å². The molecule has 8 nitrogen and oxygen atoms in total. The molecule has 2 aromatic heterocycles. The zero-order valence-corrected chi connectivity index (χ0v) is 24.6. The van der Waals surface area contributed by atoms with Crippen LogP contribution in [-0.4, -0.2) is 64.9 Å². The van der Waals surface area contributed by atoms with E-state index in [2.05, 4.69) is 21.9 Å². The van der Waals surface area contributed by atoms with Gasteiger partial charge in [-0.05, 0) is 42.8 Å². The normalized spacial score (nSPS) is 12.4. The van der Waals surface area contributed by atoms with Crippen LogP contribution in [0, 0.1) is 6.92 Å². The van der Waals surface area contributed by atoms with Gasteiger partial charge < -0.3 is 19.9 Å². The largest absolute Gasteiger partial charge is 0.496 e. The van der Waals surface area contributed by atoms with Crippen LogP contribution >= 0.6 is 23.1 Å². The Morgan fingerprint density at radius 1 is 1.08 bits per heavy atom. The van der Waals surface area contributed by atoms with Gasteiger partial charge in [0.2, 0.25) is 5.91 Å². The summed E-state index contributed by atoms with van der Waals surface area (Å²) >= 11 is 3.07. The van der Waals surface area contributed by atoms with Crippen molar-refractivity contribution < 1.29 is 14.3 Å². The van der Waals surface area contributed by atoms with Gasteiger partial charge in [-0.15, -0.1) is 0 Å². The molecule has 0 saturated carbocycles. The van der Waals surface area contributed by atoms with E-state index in [9.17, 15) is 9.59 Å². The molecule has 2 amide bonds. The number of hydrogen-bond donors (Lipinski definition) is 1. The second-order valence-corrected chi connectivity index (χ2v) is 9.94. The maximum Gasteiger partial charge on any atom is 0.257 e. The maximum absolute atomic E-state index is 13.3. The third-order valence-corrected chi connectivity index (χ3v) is 7.55. The van der Waals surface area contributed by atoms with Gasteiger partial charge in [0.1, 0.15) is 11.6 Å². The predicted molar refractivity (Wildman–Crippen MR) is 157 cm³/mol. The van der Waals surface area contributed by atoms with E-state index in [0.29, 0.717) is 37.5 Å². The molecule has 204 valence electrons. The van der Waals surface area contributed by atoms with Gasteiger partial charge >= 0.3 is 0 Å². The Bertz CT molecular complexity index is 1190. The lowest BCUT2D eigenvalue weighted by Crippen LogP contribution is -2.50. The average molecular weight is 556 g/mol. The second kappa shape index (κ2) is 15.8. The number of nitrogens with one attached hydrogen (secondary N) is 1. The van der Waals surface area contributed by atoms with Crippen molar-refractivity contribution in [2.24, 2.45) is 0 Å². The van der Waals surface area contributed by atoms with Crippen LogP contribution in [0.1, 0.15) is 43.6 Å². The zero-order valence-electron chi connectivity index (χ0n) is 23.0. The van der Waals surface area contributed by atoms with Crippen molar-refractivity contribution in [3.05, 3.63) is 66.5 Å². The van der Waals surface area contributed by atoms with Gasteiger partial charge in [-0.3, -0.25) is 9.59 Å². The zero-order chi connectivity index (χ0) is 28.1. The van der Waals surface area contributed by atoms with Crippen LogP contribution in [0.2, 0.25) is 0 Å². The summed E-state index contributed by atoms with van der Waals surface area (Å²) in [4.78, 5) is 38.3. The van der Waals surface area contributed by atoms with Crippen LogP contribution in [0.4, 0.5) is 10.9 Å². The number of piperazine rings is 1. The van der Waals surface area contributed by atoms with Gasteiger partial charge in [-0.1, -0.05) is 63.4 Å². The number of thiazole rings is 1. The van der Waals surface area contributed by atoms with Crippen molar-refractivity contribution in [3.8, 4) is 5.75 Å². The van der Waals surface area contributed by atoms with Crippen molar-refractivity contribution in [1.82, 2.24) is 19.8 Å². The molecule has 4 rings (SSSR count). The summed E-state index contributed by atoms with van der Waals surface area (Å²) in [5, 5.41) is 3.95. The first-order chi connectivity index (χ1) is 18.5. The van der Waals surface area contributed by atoms with E-state index < -0.39 is 0 Å². The number of pyridine rings is 1. The fourth-order valence-electron chi connectivity index (χ4n) is 3.56. The van der Waals surface area contributed by atoms with Crippen LogP contribution in [0.25, 0.3) is 0 Å². The van der Waals surface area contributed by atoms with Crippen molar-refractivity contribution in [3.63, 3.8) is 0 Å². The van der Waals surface area contributed by atoms with Crippen molar-refractivity contribution >= 4 is 45.9 Å². The van der Waals surface area contributed by atoms with E-state index in [1.54, 1.807) is 34.9 Å². The number of methoxy groups -OCH3 is 1. The maximum atomic E-state index is 13.3. The highest BCUT2D eigenvalue weighted by Gasteiger charge is 2.26. The molecule has 0 radical (unpaired) electrons. The molecule has 38 heavy (non-hydrogen) atoms.